The minimum absolute atomic E-state index is 0.0279. The van der Waals surface area contributed by atoms with Crippen LogP contribution < -0.4 is 10.1 Å². The zero-order valence-corrected chi connectivity index (χ0v) is 17.7. The Hall–Kier alpha value is -2.57. The van der Waals surface area contributed by atoms with Crippen LogP contribution in [-0.4, -0.2) is 41.2 Å². The standard InChI is InChI=1S/C22H25ClN2O4/c1-13-5-6-14(2)19(15(13)3)29-12-18(26)11-25-20(27)22(4,24-21(25)28)16-7-9-17(23)10-8-16/h5-10,18,26H,11-12H2,1-4H3,(H,24,28)/t18-,22-/m1/s1. The van der Waals surface area contributed by atoms with E-state index in [9.17, 15) is 14.7 Å². The predicted molar refractivity (Wildman–Crippen MR) is 111 cm³/mol. The van der Waals surface area contributed by atoms with E-state index in [0.717, 1.165) is 21.6 Å². The Morgan fingerprint density at radius 1 is 1.10 bits per heavy atom. The van der Waals surface area contributed by atoms with E-state index in [4.69, 9.17) is 16.3 Å². The summed E-state index contributed by atoms with van der Waals surface area (Å²) in [7, 11) is 0. The van der Waals surface area contributed by atoms with E-state index in [1.165, 1.54) is 0 Å². The molecule has 0 bridgehead atoms. The second-order valence-electron chi connectivity index (χ2n) is 7.60. The van der Waals surface area contributed by atoms with Gasteiger partial charge in [-0.2, -0.15) is 0 Å². The topological polar surface area (TPSA) is 78.9 Å². The van der Waals surface area contributed by atoms with E-state index >= 15 is 0 Å². The fourth-order valence-corrected chi connectivity index (χ4v) is 3.56. The number of hydrogen-bond donors (Lipinski definition) is 2. The van der Waals surface area contributed by atoms with Crippen molar-refractivity contribution < 1.29 is 19.4 Å². The van der Waals surface area contributed by atoms with Crippen LogP contribution >= 0.6 is 11.6 Å². The van der Waals surface area contributed by atoms with Crippen molar-refractivity contribution in [2.24, 2.45) is 0 Å². The van der Waals surface area contributed by atoms with Gasteiger partial charge in [-0.3, -0.25) is 9.69 Å². The van der Waals surface area contributed by atoms with Gasteiger partial charge in [-0.1, -0.05) is 35.9 Å². The fraction of sp³-hybridized carbons (Fsp3) is 0.364. The van der Waals surface area contributed by atoms with Crippen molar-refractivity contribution >= 4 is 23.5 Å². The Bertz CT molecular complexity index is 945. The van der Waals surface area contributed by atoms with E-state index in [1.54, 1.807) is 31.2 Å². The number of β-amino-alcohol motifs (C(OH)–C–C–N with tert-alkyl or cyclic N) is 1. The Balaban J connectivity index is 1.69. The molecule has 7 heteroatoms. The van der Waals surface area contributed by atoms with Gasteiger partial charge in [0, 0.05) is 5.02 Å². The second kappa shape index (κ2) is 8.05. The number of carbonyl (C=O) groups is 2. The molecule has 1 saturated heterocycles. The molecule has 154 valence electrons. The van der Waals surface area contributed by atoms with Crippen molar-refractivity contribution in [1.82, 2.24) is 10.2 Å². The first kappa shape index (κ1) is 21.1. The number of imide groups is 1. The quantitative estimate of drug-likeness (QED) is 0.707. The second-order valence-corrected chi connectivity index (χ2v) is 8.03. The van der Waals surface area contributed by atoms with Crippen LogP contribution in [0.15, 0.2) is 36.4 Å². The van der Waals surface area contributed by atoms with Crippen LogP contribution in [0.5, 0.6) is 5.75 Å². The summed E-state index contributed by atoms with van der Waals surface area (Å²) in [6.45, 7) is 7.33. The summed E-state index contributed by atoms with van der Waals surface area (Å²) in [5, 5.41) is 13.7. The highest BCUT2D eigenvalue weighted by Crippen LogP contribution is 2.30. The van der Waals surface area contributed by atoms with Gasteiger partial charge in [0.25, 0.3) is 5.91 Å². The van der Waals surface area contributed by atoms with Gasteiger partial charge < -0.3 is 15.2 Å². The van der Waals surface area contributed by atoms with Crippen molar-refractivity contribution in [2.75, 3.05) is 13.2 Å². The Kier molecular flexibility index (Phi) is 5.87. The average molecular weight is 417 g/mol. The molecular weight excluding hydrogens is 392 g/mol. The number of carbonyl (C=O) groups excluding carboxylic acids is 2. The molecule has 3 amide bonds. The molecule has 0 aromatic heterocycles. The highest BCUT2D eigenvalue weighted by molar-refractivity contribution is 6.30. The van der Waals surface area contributed by atoms with Gasteiger partial charge in [0.2, 0.25) is 0 Å². The molecule has 0 spiro atoms. The maximum absolute atomic E-state index is 12.9. The van der Waals surface area contributed by atoms with Crippen LogP contribution in [-0.2, 0) is 10.3 Å². The molecule has 1 aliphatic rings. The Morgan fingerprint density at radius 2 is 1.72 bits per heavy atom. The number of nitrogens with one attached hydrogen (secondary N) is 1. The monoisotopic (exact) mass is 416 g/mol. The van der Waals surface area contributed by atoms with Gasteiger partial charge >= 0.3 is 6.03 Å². The first-order valence-electron chi connectivity index (χ1n) is 9.41. The summed E-state index contributed by atoms with van der Waals surface area (Å²) in [4.78, 5) is 26.4. The fourth-order valence-electron chi connectivity index (χ4n) is 3.43. The lowest BCUT2D eigenvalue weighted by molar-refractivity contribution is -0.132. The third-order valence-electron chi connectivity index (χ3n) is 5.38. The van der Waals surface area contributed by atoms with Crippen LogP contribution in [0.2, 0.25) is 5.02 Å². The summed E-state index contributed by atoms with van der Waals surface area (Å²) in [6.07, 6.45) is -1.02. The lowest BCUT2D eigenvalue weighted by Crippen LogP contribution is -2.42. The first-order valence-corrected chi connectivity index (χ1v) is 9.79. The number of amides is 3. The van der Waals surface area contributed by atoms with Gasteiger partial charge in [-0.05, 0) is 62.1 Å². The largest absolute Gasteiger partial charge is 0.490 e. The van der Waals surface area contributed by atoms with E-state index in [-0.39, 0.29) is 13.2 Å². The minimum atomic E-state index is -1.20. The highest BCUT2D eigenvalue weighted by Gasteiger charge is 2.49. The number of aliphatic hydroxyl groups excluding tert-OH is 1. The van der Waals surface area contributed by atoms with E-state index < -0.39 is 23.6 Å². The minimum Gasteiger partial charge on any atom is -0.490 e. The summed E-state index contributed by atoms with van der Waals surface area (Å²) >= 11 is 5.91. The molecule has 0 saturated carbocycles. The maximum Gasteiger partial charge on any atom is 0.325 e. The third kappa shape index (κ3) is 4.09. The molecule has 1 heterocycles. The molecule has 2 aromatic rings. The molecule has 2 N–H and O–H groups in total. The molecule has 0 unspecified atom stereocenters. The molecule has 3 rings (SSSR count). The number of aliphatic hydroxyl groups is 1. The number of rotatable bonds is 6. The van der Waals surface area contributed by atoms with Gasteiger partial charge in [0.1, 0.15) is 24.0 Å². The summed E-state index contributed by atoms with van der Waals surface area (Å²) in [6, 6.07) is 10.2. The molecule has 0 radical (unpaired) electrons. The molecule has 1 aliphatic heterocycles. The zero-order chi connectivity index (χ0) is 21.3. The average Bonchev–Trinajstić information content (AvgIpc) is 2.89. The van der Waals surface area contributed by atoms with E-state index in [1.807, 2.05) is 32.9 Å². The Morgan fingerprint density at radius 3 is 2.38 bits per heavy atom. The van der Waals surface area contributed by atoms with Gasteiger partial charge in [0.05, 0.1) is 6.54 Å². The number of urea groups is 1. The molecule has 1 fully saturated rings. The number of hydrogen-bond acceptors (Lipinski definition) is 4. The highest BCUT2D eigenvalue weighted by atomic mass is 35.5. The van der Waals surface area contributed by atoms with Crippen molar-refractivity contribution in [3.05, 3.63) is 63.7 Å². The lowest BCUT2D eigenvalue weighted by atomic mass is 9.92. The van der Waals surface area contributed by atoms with Gasteiger partial charge in [0.15, 0.2) is 0 Å². The summed E-state index contributed by atoms with van der Waals surface area (Å²) < 4.78 is 5.81. The molecule has 6 nitrogen and oxygen atoms in total. The number of aryl methyl sites for hydroxylation is 2. The van der Waals surface area contributed by atoms with Crippen molar-refractivity contribution in [3.8, 4) is 5.75 Å². The zero-order valence-electron chi connectivity index (χ0n) is 17.0. The van der Waals surface area contributed by atoms with Crippen molar-refractivity contribution in [1.29, 1.82) is 0 Å². The SMILES string of the molecule is Cc1ccc(C)c(OC[C@H](O)CN2C(=O)N[C@](C)(c3ccc(Cl)cc3)C2=O)c1C. The molecule has 2 aromatic carbocycles. The van der Waals surface area contributed by atoms with Crippen molar-refractivity contribution in [2.45, 2.75) is 39.3 Å². The van der Waals surface area contributed by atoms with E-state index in [2.05, 4.69) is 5.32 Å². The molecular formula is C22H25ClN2O4. The van der Waals surface area contributed by atoms with Crippen LogP contribution in [0.3, 0.4) is 0 Å². The first-order chi connectivity index (χ1) is 13.6. The molecule has 0 aliphatic carbocycles. The summed E-state index contributed by atoms with van der Waals surface area (Å²) in [5.41, 5.74) is 2.48. The molecule has 2 atom stereocenters. The van der Waals surface area contributed by atoms with Crippen LogP contribution in [0.1, 0.15) is 29.2 Å². The van der Waals surface area contributed by atoms with Gasteiger partial charge in [-0.25, -0.2) is 4.79 Å². The predicted octanol–water partition coefficient (Wildman–Crippen LogP) is 3.47. The number of nitrogens with zero attached hydrogens (tertiary/aromatic N) is 1. The van der Waals surface area contributed by atoms with Crippen LogP contribution in [0.25, 0.3) is 0 Å². The maximum atomic E-state index is 12.9. The third-order valence-corrected chi connectivity index (χ3v) is 5.64. The van der Waals surface area contributed by atoms with Gasteiger partial charge in [-0.15, -0.1) is 0 Å². The molecule has 29 heavy (non-hydrogen) atoms. The number of halogens is 1. The Labute approximate surface area is 175 Å². The lowest BCUT2D eigenvalue weighted by Gasteiger charge is -2.23. The number of ether oxygens (including phenoxy) is 1. The number of benzene rings is 2. The summed E-state index contributed by atoms with van der Waals surface area (Å²) in [5.74, 6) is 0.291. The van der Waals surface area contributed by atoms with E-state index in [0.29, 0.717) is 16.3 Å². The van der Waals surface area contributed by atoms with Crippen molar-refractivity contribution in [3.63, 3.8) is 0 Å². The normalized spacial score (nSPS) is 20.0. The van der Waals surface area contributed by atoms with Crippen LogP contribution in [0, 0.1) is 20.8 Å². The van der Waals surface area contributed by atoms with Crippen LogP contribution in [0.4, 0.5) is 4.79 Å². The smallest absolute Gasteiger partial charge is 0.325 e.